The van der Waals surface area contributed by atoms with Gasteiger partial charge in [-0.3, -0.25) is 4.98 Å². The second-order valence-corrected chi connectivity index (χ2v) is 4.31. The van der Waals surface area contributed by atoms with Crippen LogP contribution < -0.4 is 5.73 Å². The molecule has 0 radical (unpaired) electrons. The molecule has 0 aromatic carbocycles. The standard InChI is InChI=1S/C13H16N4/c1-9(2)13(14)12-7-11(16-8-17-12)10-5-3-4-6-15-10/h3-9,13H,14H2,1-2H3. The van der Waals surface area contributed by atoms with Gasteiger partial charge in [-0.1, -0.05) is 19.9 Å². The first-order chi connectivity index (χ1) is 8.18. The summed E-state index contributed by atoms with van der Waals surface area (Å²) in [6, 6.07) is 7.58. The van der Waals surface area contributed by atoms with Crippen LogP contribution in [0.5, 0.6) is 0 Å². The molecule has 0 aliphatic carbocycles. The van der Waals surface area contributed by atoms with Crippen LogP contribution in [0.2, 0.25) is 0 Å². The van der Waals surface area contributed by atoms with E-state index in [0.717, 1.165) is 17.1 Å². The summed E-state index contributed by atoms with van der Waals surface area (Å²) in [5.74, 6) is 0.349. The molecule has 0 bridgehead atoms. The van der Waals surface area contributed by atoms with Crippen molar-refractivity contribution in [1.29, 1.82) is 0 Å². The van der Waals surface area contributed by atoms with E-state index in [1.807, 2.05) is 24.3 Å². The summed E-state index contributed by atoms with van der Waals surface area (Å²) >= 11 is 0. The van der Waals surface area contributed by atoms with Crippen molar-refractivity contribution in [1.82, 2.24) is 15.0 Å². The highest BCUT2D eigenvalue weighted by molar-refractivity contribution is 5.53. The molecule has 0 fully saturated rings. The third-order valence-electron chi connectivity index (χ3n) is 2.68. The summed E-state index contributed by atoms with van der Waals surface area (Å²) in [5, 5.41) is 0. The molecular formula is C13H16N4. The lowest BCUT2D eigenvalue weighted by atomic mass is 10.0. The number of pyridine rings is 1. The zero-order valence-electron chi connectivity index (χ0n) is 10.0. The summed E-state index contributed by atoms with van der Waals surface area (Å²) in [6.07, 6.45) is 3.29. The maximum Gasteiger partial charge on any atom is 0.116 e. The van der Waals surface area contributed by atoms with Gasteiger partial charge in [0.1, 0.15) is 6.33 Å². The fraction of sp³-hybridized carbons (Fsp3) is 0.308. The number of rotatable bonds is 3. The van der Waals surface area contributed by atoms with Crippen molar-refractivity contribution >= 4 is 0 Å². The van der Waals surface area contributed by atoms with E-state index >= 15 is 0 Å². The molecule has 88 valence electrons. The average molecular weight is 228 g/mol. The smallest absolute Gasteiger partial charge is 0.116 e. The van der Waals surface area contributed by atoms with Gasteiger partial charge in [-0.15, -0.1) is 0 Å². The van der Waals surface area contributed by atoms with E-state index in [1.54, 1.807) is 12.5 Å². The van der Waals surface area contributed by atoms with Crippen LogP contribution in [0.15, 0.2) is 36.8 Å². The Labute approximate surface area is 101 Å². The van der Waals surface area contributed by atoms with Gasteiger partial charge >= 0.3 is 0 Å². The predicted molar refractivity (Wildman–Crippen MR) is 67.0 cm³/mol. The van der Waals surface area contributed by atoms with Crippen LogP contribution in [0.1, 0.15) is 25.6 Å². The highest BCUT2D eigenvalue weighted by Crippen LogP contribution is 2.20. The molecule has 4 nitrogen and oxygen atoms in total. The molecule has 2 aromatic heterocycles. The van der Waals surface area contributed by atoms with Crippen LogP contribution >= 0.6 is 0 Å². The lowest BCUT2D eigenvalue weighted by Gasteiger charge is -2.15. The van der Waals surface area contributed by atoms with Gasteiger partial charge in [0.2, 0.25) is 0 Å². The lowest BCUT2D eigenvalue weighted by molar-refractivity contribution is 0.502. The zero-order chi connectivity index (χ0) is 12.3. The van der Waals surface area contributed by atoms with Crippen molar-refractivity contribution in [3.63, 3.8) is 0 Å². The van der Waals surface area contributed by atoms with E-state index in [1.165, 1.54) is 0 Å². The van der Waals surface area contributed by atoms with Crippen molar-refractivity contribution in [3.8, 4) is 11.4 Å². The third-order valence-corrected chi connectivity index (χ3v) is 2.68. The van der Waals surface area contributed by atoms with E-state index in [2.05, 4.69) is 28.8 Å². The third kappa shape index (κ3) is 2.65. The summed E-state index contributed by atoms with van der Waals surface area (Å²) in [7, 11) is 0. The van der Waals surface area contributed by atoms with Gasteiger partial charge in [0, 0.05) is 12.2 Å². The van der Waals surface area contributed by atoms with E-state index in [0.29, 0.717) is 5.92 Å². The van der Waals surface area contributed by atoms with Gasteiger partial charge in [-0.2, -0.15) is 0 Å². The average Bonchev–Trinajstić information content (AvgIpc) is 2.39. The molecule has 0 saturated carbocycles. The minimum atomic E-state index is -0.0690. The highest BCUT2D eigenvalue weighted by atomic mass is 14.9. The lowest BCUT2D eigenvalue weighted by Crippen LogP contribution is -2.18. The first-order valence-electron chi connectivity index (χ1n) is 5.67. The molecule has 1 unspecified atom stereocenters. The fourth-order valence-electron chi connectivity index (χ4n) is 1.55. The first kappa shape index (κ1) is 11.7. The number of nitrogens with zero attached hydrogens (tertiary/aromatic N) is 3. The number of aromatic nitrogens is 3. The molecular weight excluding hydrogens is 212 g/mol. The minimum Gasteiger partial charge on any atom is -0.322 e. The Morgan fingerprint density at radius 3 is 2.53 bits per heavy atom. The second-order valence-electron chi connectivity index (χ2n) is 4.31. The summed E-state index contributed by atoms with van der Waals surface area (Å²) in [5.41, 5.74) is 8.58. The van der Waals surface area contributed by atoms with E-state index in [4.69, 9.17) is 5.73 Å². The summed E-state index contributed by atoms with van der Waals surface area (Å²) in [6.45, 7) is 4.15. The Morgan fingerprint density at radius 2 is 1.88 bits per heavy atom. The van der Waals surface area contributed by atoms with Gasteiger partial charge < -0.3 is 5.73 Å². The van der Waals surface area contributed by atoms with Crippen LogP contribution in [0.4, 0.5) is 0 Å². The summed E-state index contributed by atoms with van der Waals surface area (Å²) in [4.78, 5) is 12.7. The molecule has 17 heavy (non-hydrogen) atoms. The Hall–Kier alpha value is -1.81. The maximum atomic E-state index is 6.07. The molecule has 0 aliphatic heterocycles. The van der Waals surface area contributed by atoms with Crippen molar-refractivity contribution < 1.29 is 0 Å². The quantitative estimate of drug-likeness (QED) is 0.874. The van der Waals surface area contributed by atoms with E-state index < -0.39 is 0 Å². The Morgan fingerprint density at radius 1 is 1.06 bits per heavy atom. The van der Waals surface area contributed by atoms with Gasteiger partial charge in [0.05, 0.1) is 17.1 Å². The van der Waals surface area contributed by atoms with Gasteiger partial charge in [0.15, 0.2) is 0 Å². The van der Waals surface area contributed by atoms with Crippen LogP contribution in [-0.4, -0.2) is 15.0 Å². The largest absolute Gasteiger partial charge is 0.322 e. The van der Waals surface area contributed by atoms with Crippen molar-refractivity contribution in [3.05, 3.63) is 42.5 Å². The van der Waals surface area contributed by atoms with Gasteiger partial charge in [-0.25, -0.2) is 9.97 Å². The SMILES string of the molecule is CC(C)C(N)c1cc(-c2ccccn2)ncn1. The van der Waals surface area contributed by atoms with Crippen LogP contribution in [-0.2, 0) is 0 Å². The molecule has 0 saturated heterocycles. The van der Waals surface area contributed by atoms with E-state index in [9.17, 15) is 0 Å². The van der Waals surface area contributed by atoms with Crippen molar-refractivity contribution in [2.75, 3.05) is 0 Å². The van der Waals surface area contributed by atoms with Gasteiger partial charge in [0.25, 0.3) is 0 Å². The monoisotopic (exact) mass is 228 g/mol. The molecule has 2 aromatic rings. The van der Waals surface area contributed by atoms with Gasteiger partial charge in [-0.05, 0) is 24.1 Å². The number of nitrogens with two attached hydrogens (primary N) is 1. The maximum absolute atomic E-state index is 6.07. The van der Waals surface area contributed by atoms with Crippen LogP contribution in [0.3, 0.4) is 0 Å². The number of hydrogen-bond acceptors (Lipinski definition) is 4. The zero-order valence-corrected chi connectivity index (χ0v) is 10.0. The molecule has 0 spiro atoms. The minimum absolute atomic E-state index is 0.0690. The Kier molecular flexibility index (Phi) is 3.44. The molecule has 2 rings (SSSR count). The Bertz CT molecular complexity index is 482. The van der Waals surface area contributed by atoms with Crippen molar-refractivity contribution in [2.24, 2.45) is 11.7 Å². The summed E-state index contributed by atoms with van der Waals surface area (Å²) < 4.78 is 0. The van der Waals surface area contributed by atoms with Crippen molar-refractivity contribution in [2.45, 2.75) is 19.9 Å². The molecule has 0 aliphatic rings. The normalized spacial score (nSPS) is 12.7. The molecule has 2 N–H and O–H groups in total. The molecule has 1 atom stereocenters. The molecule has 0 amide bonds. The molecule has 2 heterocycles. The second kappa shape index (κ2) is 5.01. The predicted octanol–water partition coefficient (Wildman–Crippen LogP) is 2.19. The number of hydrogen-bond donors (Lipinski definition) is 1. The topological polar surface area (TPSA) is 64.7 Å². The highest BCUT2D eigenvalue weighted by Gasteiger charge is 2.13. The fourth-order valence-corrected chi connectivity index (χ4v) is 1.55. The van der Waals surface area contributed by atoms with Crippen LogP contribution in [0.25, 0.3) is 11.4 Å². The first-order valence-corrected chi connectivity index (χ1v) is 5.67. The Balaban J connectivity index is 2.35. The van der Waals surface area contributed by atoms with Crippen LogP contribution in [0, 0.1) is 5.92 Å². The van der Waals surface area contributed by atoms with E-state index in [-0.39, 0.29) is 6.04 Å². The molecule has 4 heteroatoms.